The summed E-state index contributed by atoms with van der Waals surface area (Å²) in [5.74, 6) is 1.62. The Bertz CT molecular complexity index is 736. The number of benzene rings is 1. The minimum Gasteiger partial charge on any atom is -0.361 e. The topological polar surface area (TPSA) is 62.5 Å². The van der Waals surface area contributed by atoms with Gasteiger partial charge in [-0.1, -0.05) is 28.9 Å². The van der Waals surface area contributed by atoms with Crippen molar-refractivity contribution in [3.8, 4) is 0 Å². The monoisotopic (exact) mass is 474 g/mol. The summed E-state index contributed by atoms with van der Waals surface area (Å²) in [4.78, 5) is 4.31. The number of rotatable bonds is 5. The summed E-state index contributed by atoms with van der Waals surface area (Å²) in [5, 5.41) is 11.5. The number of halogens is 2. The predicted molar refractivity (Wildman–Crippen MR) is 112 cm³/mol. The summed E-state index contributed by atoms with van der Waals surface area (Å²) in [6.45, 7) is 5.35. The van der Waals surface area contributed by atoms with E-state index in [-0.39, 0.29) is 29.4 Å². The average molecular weight is 475 g/mol. The molecule has 1 aromatic heterocycles. The number of nitrogens with one attached hydrogen (secondary N) is 2. The molecule has 2 N–H and O–H groups in total. The van der Waals surface area contributed by atoms with E-state index < -0.39 is 0 Å². The molecule has 136 valence electrons. The van der Waals surface area contributed by atoms with E-state index in [4.69, 9.17) is 16.1 Å². The second-order valence-electron chi connectivity index (χ2n) is 6.37. The molecule has 0 aliphatic heterocycles. The maximum absolute atomic E-state index is 6.13. The van der Waals surface area contributed by atoms with Crippen molar-refractivity contribution in [3.05, 3.63) is 51.9 Å². The van der Waals surface area contributed by atoms with Crippen molar-refractivity contribution in [1.29, 1.82) is 0 Å². The second-order valence-corrected chi connectivity index (χ2v) is 6.81. The molecular formula is C18H24ClIN4O. The normalized spacial score (nSPS) is 15.4. The van der Waals surface area contributed by atoms with Gasteiger partial charge in [-0.3, -0.25) is 4.99 Å². The van der Waals surface area contributed by atoms with Crippen LogP contribution in [-0.2, 0) is 12.0 Å². The van der Waals surface area contributed by atoms with Crippen LogP contribution in [0.3, 0.4) is 0 Å². The highest BCUT2D eigenvalue weighted by atomic mass is 127. The Kier molecular flexibility index (Phi) is 6.73. The van der Waals surface area contributed by atoms with Gasteiger partial charge in [0.15, 0.2) is 5.96 Å². The lowest BCUT2D eigenvalue weighted by molar-refractivity contribution is 0.392. The third kappa shape index (κ3) is 4.67. The van der Waals surface area contributed by atoms with Gasteiger partial charge >= 0.3 is 0 Å². The highest BCUT2D eigenvalue weighted by Gasteiger charge is 2.44. The Labute approximate surface area is 170 Å². The molecule has 1 saturated carbocycles. The predicted octanol–water partition coefficient (Wildman–Crippen LogP) is 3.96. The SMILES string of the molecule is CN=C(NCc1c(C)noc1C)NCC1(c2cccc(Cl)c2)CC1.I. The van der Waals surface area contributed by atoms with Crippen LogP contribution in [0.5, 0.6) is 0 Å². The van der Waals surface area contributed by atoms with E-state index in [0.717, 1.165) is 34.5 Å². The standard InChI is InChI=1S/C18H23ClN4O.HI/c1-12-16(13(2)24-23-12)10-21-17(20-3)22-11-18(7-8-18)14-5-4-6-15(19)9-14;/h4-6,9H,7-8,10-11H2,1-3H3,(H2,20,21,22);1H. The summed E-state index contributed by atoms with van der Waals surface area (Å²) >= 11 is 6.13. The van der Waals surface area contributed by atoms with Gasteiger partial charge in [0.2, 0.25) is 0 Å². The summed E-state index contributed by atoms with van der Waals surface area (Å²) in [6, 6.07) is 8.15. The number of nitrogens with zero attached hydrogens (tertiary/aromatic N) is 2. The Balaban J connectivity index is 0.00000225. The van der Waals surface area contributed by atoms with Crippen molar-refractivity contribution in [2.45, 2.75) is 38.6 Å². The Hall–Kier alpha value is -1.28. The lowest BCUT2D eigenvalue weighted by Crippen LogP contribution is -2.41. The lowest BCUT2D eigenvalue weighted by atomic mass is 9.96. The number of aryl methyl sites for hydroxylation is 2. The Morgan fingerprint density at radius 1 is 1.32 bits per heavy atom. The molecule has 1 aliphatic rings. The molecule has 1 heterocycles. The van der Waals surface area contributed by atoms with Crippen LogP contribution in [0, 0.1) is 13.8 Å². The fraction of sp³-hybridized carbons (Fsp3) is 0.444. The van der Waals surface area contributed by atoms with Crippen LogP contribution in [0.2, 0.25) is 5.02 Å². The Morgan fingerprint density at radius 2 is 2.08 bits per heavy atom. The molecule has 7 heteroatoms. The molecule has 1 aromatic carbocycles. The first kappa shape index (κ1) is 20.0. The largest absolute Gasteiger partial charge is 0.361 e. The van der Waals surface area contributed by atoms with Crippen LogP contribution < -0.4 is 10.6 Å². The van der Waals surface area contributed by atoms with Crippen LogP contribution in [0.15, 0.2) is 33.8 Å². The van der Waals surface area contributed by atoms with E-state index in [1.165, 1.54) is 18.4 Å². The molecule has 0 saturated heterocycles. The third-order valence-electron chi connectivity index (χ3n) is 4.72. The van der Waals surface area contributed by atoms with Gasteiger partial charge in [-0.25, -0.2) is 0 Å². The molecule has 1 aliphatic carbocycles. The van der Waals surface area contributed by atoms with E-state index in [2.05, 4.69) is 32.9 Å². The quantitative estimate of drug-likeness (QED) is 0.391. The molecule has 25 heavy (non-hydrogen) atoms. The molecule has 2 aromatic rings. The molecule has 0 atom stereocenters. The fourth-order valence-electron chi connectivity index (χ4n) is 2.94. The summed E-state index contributed by atoms with van der Waals surface area (Å²) in [7, 11) is 1.78. The van der Waals surface area contributed by atoms with E-state index in [0.29, 0.717) is 6.54 Å². The van der Waals surface area contributed by atoms with Gasteiger partial charge in [-0.15, -0.1) is 24.0 Å². The smallest absolute Gasteiger partial charge is 0.191 e. The van der Waals surface area contributed by atoms with Crippen molar-refractivity contribution >= 4 is 41.5 Å². The Morgan fingerprint density at radius 3 is 2.64 bits per heavy atom. The van der Waals surface area contributed by atoms with Crippen molar-refractivity contribution < 1.29 is 4.52 Å². The fourth-order valence-corrected chi connectivity index (χ4v) is 3.13. The van der Waals surface area contributed by atoms with Crippen LogP contribution in [0.4, 0.5) is 0 Å². The van der Waals surface area contributed by atoms with Crippen LogP contribution in [0.25, 0.3) is 0 Å². The zero-order valence-electron chi connectivity index (χ0n) is 14.7. The lowest BCUT2D eigenvalue weighted by Gasteiger charge is -2.19. The molecule has 3 rings (SSSR count). The first-order valence-electron chi connectivity index (χ1n) is 8.16. The van der Waals surface area contributed by atoms with Crippen LogP contribution >= 0.6 is 35.6 Å². The molecule has 5 nitrogen and oxygen atoms in total. The van der Waals surface area contributed by atoms with E-state index in [9.17, 15) is 0 Å². The highest BCUT2D eigenvalue weighted by Crippen LogP contribution is 2.48. The first-order valence-corrected chi connectivity index (χ1v) is 8.54. The molecule has 0 bridgehead atoms. The van der Waals surface area contributed by atoms with Gasteiger partial charge in [0.05, 0.1) is 5.69 Å². The second kappa shape index (κ2) is 8.40. The van der Waals surface area contributed by atoms with Gasteiger partial charge < -0.3 is 15.2 Å². The average Bonchev–Trinajstić information content (AvgIpc) is 3.30. The summed E-state index contributed by atoms with van der Waals surface area (Å²) in [5.41, 5.74) is 3.46. The van der Waals surface area contributed by atoms with Gasteiger partial charge in [0.25, 0.3) is 0 Å². The van der Waals surface area contributed by atoms with E-state index in [1.54, 1.807) is 7.05 Å². The van der Waals surface area contributed by atoms with E-state index in [1.807, 2.05) is 26.0 Å². The zero-order valence-corrected chi connectivity index (χ0v) is 17.8. The number of hydrogen-bond acceptors (Lipinski definition) is 3. The van der Waals surface area contributed by atoms with Crippen LogP contribution in [0.1, 0.15) is 35.4 Å². The van der Waals surface area contributed by atoms with Gasteiger partial charge in [-0.2, -0.15) is 0 Å². The molecular weight excluding hydrogens is 451 g/mol. The van der Waals surface area contributed by atoms with Crippen molar-refractivity contribution in [2.24, 2.45) is 4.99 Å². The van der Waals surface area contributed by atoms with E-state index >= 15 is 0 Å². The highest BCUT2D eigenvalue weighted by molar-refractivity contribution is 14.0. The first-order chi connectivity index (χ1) is 11.5. The molecule has 1 fully saturated rings. The van der Waals surface area contributed by atoms with Crippen molar-refractivity contribution in [1.82, 2.24) is 15.8 Å². The van der Waals surface area contributed by atoms with Crippen LogP contribution in [-0.4, -0.2) is 24.7 Å². The van der Waals surface area contributed by atoms with Gasteiger partial charge in [0.1, 0.15) is 5.76 Å². The minimum absolute atomic E-state index is 0. The third-order valence-corrected chi connectivity index (χ3v) is 4.96. The molecule has 0 amide bonds. The minimum atomic E-state index is 0. The number of guanidine groups is 1. The van der Waals surface area contributed by atoms with Gasteiger partial charge in [-0.05, 0) is 44.4 Å². The van der Waals surface area contributed by atoms with Crippen molar-refractivity contribution in [3.63, 3.8) is 0 Å². The molecule has 0 unspecified atom stereocenters. The number of aromatic nitrogens is 1. The summed E-state index contributed by atoms with van der Waals surface area (Å²) < 4.78 is 5.19. The maximum atomic E-state index is 6.13. The van der Waals surface area contributed by atoms with Gasteiger partial charge in [0, 0.05) is 36.1 Å². The number of aliphatic imine (C=N–C) groups is 1. The zero-order chi connectivity index (χ0) is 17.2. The van der Waals surface area contributed by atoms with Crippen molar-refractivity contribution in [2.75, 3.05) is 13.6 Å². The maximum Gasteiger partial charge on any atom is 0.191 e. The molecule has 0 radical (unpaired) electrons. The summed E-state index contributed by atoms with van der Waals surface area (Å²) in [6.07, 6.45) is 2.34. The number of hydrogen-bond donors (Lipinski definition) is 2. The molecule has 0 spiro atoms.